The third-order valence-corrected chi connectivity index (χ3v) is 6.97. The molecule has 0 radical (unpaired) electrons. The molecule has 0 aromatic heterocycles. The van der Waals surface area contributed by atoms with Crippen LogP contribution in [0.5, 0.6) is 0 Å². The number of fused-ring (bicyclic) bond motifs is 1. The van der Waals surface area contributed by atoms with Gasteiger partial charge in [-0.05, 0) is 49.5 Å². The molecule has 3 rings (SSSR count). The fraction of sp³-hybridized carbons (Fsp3) is 0.917. The fourth-order valence-electron chi connectivity index (χ4n) is 5.33. The number of aliphatic hydroxyl groups is 1. The zero-order chi connectivity index (χ0) is 20.9. The number of unbranched alkanes of at least 4 members (excludes halogenated alkanes) is 1. The number of allylic oxidation sites excluding steroid dienone is 2. The first-order chi connectivity index (χ1) is 13.9. The Kier molecular flexibility index (Phi) is 8.43. The quantitative estimate of drug-likeness (QED) is 0.512. The van der Waals surface area contributed by atoms with Gasteiger partial charge in [0.1, 0.15) is 0 Å². The Morgan fingerprint density at radius 1 is 1.24 bits per heavy atom. The Morgan fingerprint density at radius 3 is 2.76 bits per heavy atom. The minimum Gasteiger partial charge on any atom is -0.469 e. The molecule has 1 aliphatic carbocycles. The summed E-state index contributed by atoms with van der Waals surface area (Å²) in [5.74, 6) is 1.92. The molecule has 5 heteroatoms. The molecular weight excluding hydrogens is 368 g/mol. The molecule has 1 saturated carbocycles. The Bertz CT molecular complexity index is 525. The van der Waals surface area contributed by atoms with E-state index in [-0.39, 0.29) is 23.7 Å². The Balaban J connectivity index is 1.80. The number of hydrogen-bond acceptors (Lipinski definition) is 5. The van der Waals surface area contributed by atoms with Crippen LogP contribution in [0.1, 0.15) is 78.6 Å². The van der Waals surface area contributed by atoms with Gasteiger partial charge in [0.2, 0.25) is 0 Å². The lowest BCUT2D eigenvalue weighted by atomic mass is 9.81. The topological polar surface area (TPSA) is 57.2 Å². The van der Waals surface area contributed by atoms with Crippen molar-refractivity contribution in [1.29, 1.82) is 0 Å². The van der Waals surface area contributed by atoms with Crippen LogP contribution in [0.2, 0.25) is 0 Å². The van der Waals surface area contributed by atoms with Gasteiger partial charge < -0.3 is 24.1 Å². The maximum atomic E-state index is 10.1. The van der Waals surface area contributed by atoms with Crippen molar-refractivity contribution in [3.63, 3.8) is 0 Å². The lowest BCUT2D eigenvalue weighted by Gasteiger charge is -2.32. The van der Waals surface area contributed by atoms with E-state index in [1.165, 1.54) is 19.3 Å². The number of ether oxygens (including phenoxy) is 4. The molecule has 6 atom stereocenters. The van der Waals surface area contributed by atoms with Crippen LogP contribution in [0.4, 0.5) is 0 Å². The van der Waals surface area contributed by atoms with Crippen molar-refractivity contribution >= 4 is 0 Å². The molecule has 3 fully saturated rings. The zero-order valence-corrected chi connectivity index (χ0v) is 18.9. The Hall–Kier alpha value is -0.620. The second-order valence-corrected chi connectivity index (χ2v) is 10.00. The summed E-state index contributed by atoms with van der Waals surface area (Å²) in [4.78, 5) is 0. The second-order valence-electron chi connectivity index (χ2n) is 10.00. The number of methoxy groups -OCH3 is 1. The van der Waals surface area contributed by atoms with E-state index in [1.807, 2.05) is 0 Å². The van der Waals surface area contributed by atoms with Crippen molar-refractivity contribution in [2.24, 2.45) is 23.2 Å². The lowest BCUT2D eigenvalue weighted by Crippen LogP contribution is -2.29. The number of rotatable bonds is 10. The molecule has 0 spiro atoms. The SMILES string of the molecule is CCCCC(C)(C)CC=C(OC1CCCCO1)[C@H]1[C@H](COC)C[C@H]2OC(O)C[C@H]12. The van der Waals surface area contributed by atoms with Gasteiger partial charge in [-0.2, -0.15) is 0 Å². The van der Waals surface area contributed by atoms with Crippen LogP contribution in [0, 0.1) is 23.2 Å². The molecule has 29 heavy (non-hydrogen) atoms. The predicted molar refractivity (Wildman–Crippen MR) is 113 cm³/mol. The summed E-state index contributed by atoms with van der Waals surface area (Å²) in [7, 11) is 1.77. The zero-order valence-electron chi connectivity index (χ0n) is 18.9. The number of hydrogen-bond donors (Lipinski definition) is 1. The largest absolute Gasteiger partial charge is 0.469 e. The fourth-order valence-corrected chi connectivity index (χ4v) is 5.33. The average molecular weight is 411 g/mol. The molecular formula is C24H42O5. The molecule has 5 nitrogen and oxygen atoms in total. The van der Waals surface area contributed by atoms with Crippen molar-refractivity contribution in [3.05, 3.63) is 11.8 Å². The summed E-state index contributed by atoms with van der Waals surface area (Å²) in [6, 6.07) is 0. The van der Waals surface area contributed by atoms with Gasteiger partial charge in [0.15, 0.2) is 12.6 Å². The Morgan fingerprint density at radius 2 is 2.07 bits per heavy atom. The van der Waals surface area contributed by atoms with E-state index >= 15 is 0 Å². The van der Waals surface area contributed by atoms with Crippen molar-refractivity contribution in [2.75, 3.05) is 20.3 Å². The van der Waals surface area contributed by atoms with E-state index < -0.39 is 6.29 Å². The Labute approximate surface area is 177 Å². The predicted octanol–water partition coefficient (Wildman–Crippen LogP) is 5.03. The maximum absolute atomic E-state index is 10.1. The molecule has 2 aliphatic heterocycles. The average Bonchev–Trinajstić information content (AvgIpc) is 3.20. The molecule has 0 aromatic carbocycles. The van der Waals surface area contributed by atoms with Gasteiger partial charge >= 0.3 is 0 Å². The highest BCUT2D eigenvalue weighted by Gasteiger charge is 2.51. The molecule has 2 heterocycles. The van der Waals surface area contributed by atoms with Gasteiger partial charge in [-0.1, -0.05) is 33.6 Å². The van der Waals surface area contributed by atoms with Gasteiger partial charge in [-0.3, -0.25) is 0 Å². The normalized spacial score (nSPS) is 35.7. The van der Waals surface area contributed by atoms with Crippen LogP contribution >= 0.6 is 0 Å². The second kappa shape index (κ2) is 10.6. The van der Waals surface area contributed by atoms with E-state index in [0.29, 0.717) is 24.9 Å². The summed E-state index contributed by atoms with van der Waals surface area (Å²) in [5, 5.41) is 10.1. The summed E-state index contributed by atoms with van der Waals surface area (Å²) < 4.78 is 23.8. The number of aliphatic hydroxyl groups excluding tert-OH is 1. The lowest BCUT2D eigenvalue weighted by molar-refractivity contribution is -0.147. The van der Waals surface area contributed by atoms with E-state index in [4.69, 9.17) is 18.9 Å². The van der Waals surface area contributed by atoms with Crippen LogP contribution in [-0.2, 0) is 18.9 Å². The molecule has 168 valence electrons. The monoisotopic (exact) mass is 410 g/mol. The van der Waals surface area contributed by atoms with Gasteiger partial charge in [0.05, 0.1) is 18.5 Å². The van der Waals surface area contributed by atoms with Crippen LogP contribution in [-0.4, -0.2) is 44.1 Å². The van der Waals surface area contributed by atoms with Gasteiger partial charge in [-0.15, -0.1) is 0 Å². The summed E-state index contributed by atoms with van der Waals surface area (Å²) in [6.45, 7) is 8.42. The molecule has 0 bridgehead atoms. The maximum Gasteiger partial charge on any atom is 0.199 e. The van der Waals surface area contributed by atoms with Gasteiger partial charge in [0.25, 0.3) is 0 Å². The van der Waals surface area contributed by atoms with Crippen molar-refractivity contribution in [1.82, 2.24) is 0 Å². The molecule has 0 amide bonds. The van der Waals surface area contributed by atoms with Crippen LogP contribution < -0.4 is 0 Å². The van der Waals surface area contributed by atoms with Gasteiger partial charge in [-0.25, -0.2) is 0 Å². The summed E-state index contributed by atoms with van der Waals surface area (Å²) in [5.41, 5.74) is 0.249. The van der Waals surface area contributed by atoms with E-state index in [2.05, 4.69) is 26.8 Å². The van der Waals surface area contributed by atoms with Crippen LogP contribution in [0.3, 0.4) is 0 Å². The van der Waals surface area contributed by atoms with Crippen molar-refractivity contribution in [3.8, 4) is 0 Å². The highest BCUT2D eigenvalue weighted by atomic mass is 16.7. The van der Waals surface area contributed by atoms with Crippen LogP contribution in [0.25, 0.3) is 0 Å². The van der Waals surface area contributed by atoms with Crippen molar-refractivity contribution < 1.29 is 24.1 Å². The highest BCUT2D eigenvalue weighted by Crippen LogP contribution is 2.50. The molecule has 2 unspecified atom stereocenters. The molecule has 2 saturated heterocycles. The standard InChI is InChI=1S/C24H42O5/c1-5-6-11-24(2,3)12-10-19(29-22-9-7-8-13-27-22)23-17(16-26-4)14-20-18(23)15-21(25)28-20/h10,17-18,20-23,25H,5-9,11-16H2,1-4H3/t17-,18-,20+,21?,22?,23-/m0/s1. The van der Waals surface area contributed by atoms with E-state index in [9.17, 15) is 5.11 Å². The third kappa shape index (κ3) is 6.19. The smallest absolute Gasteiger partial charge is 0.199 e. The van der Waals surface area contributed by atoms with Crippen molar-refractivity contribution in [2.45, 2.75) is 97.2 Å². The molecule has 0 aromatic rings. The van der Waals surface area contributed by atoms with E-state index in [0.717, 1.165) is 44.5 Å². The first-order valence-corrected chi connectivity index (χ1v) is 11.7. The first-order valence-electron chi connectivity index (χ1n) is 11.7. The molecule has 1 N–H and O–H groups in total. The molecule has 3 aliphatic rings. The minimum absolute atomic E-state index is 0.0996. The minimum atomic E-state index is -0.649. The van der Waals surface area contributed by atoms with Gasteiger partial charge in [0, 0.05) is 38.4 Å². The first kappa shape index (κ1) is 23.1. The van der Waals surface area contributed by atoms with Crippen LogP contribution in [0.15, 0.2) is 11.8 Å². The van der Waals surface area contributed by atoms with E-state index in [1.54, 1.807) is 7.11 Å². The third-order valence-electron chi connectivity index (χ3n) is 6.97. The highest BCUT2D eigenvalue weighted by molar-refractivity contribution is 5.11. The summed E-state index contributed by atoms with van der Waals surface area (Å²) >= 11 is 0. The summed E-state index contributed by atoms with van der Waals surface area (Å²) in [6.07, 6.45) is 11.1.